The molecular formula is C14H24N2OS. The lowest BCUT2D eigenvalue weighted by molar-refractivity contribution is 0.158. The molecule has 2 heterocycles. The summed E-state index contributed by atoms with van der Waals surface area (Å²) in [5.41, 5.74) is 6.19. The summed E-state index contributed by atoms with van der Waals surface area (Å²) < 4.78 is 5.80. The Kier molecular flexibility index (Phi) is 4.76. The van der Waals surface area contributed by atoms with Crippen LogP contribution in [0.3, 0.4) is 0 Å². The van der Waals surface area contributed by atoms with Crippen molar-refractivity contribution in [2.24, 2.45) is 5.73 Å². The van der Waals surface area contributed by atoms with Gasteiger partial charge in [0.25, 0.3) is 0 Å². The number of nitrogens with two attached hydrogens (primary N) is 1. The molecule has 3 unspecified atom stereocenters. The van der Waals surface area contributed by atoms with E-state index in [2.05, 4.69) is 36.6 Å². The van der Waals surface area contributed by atoms with Crippen molar-refractivity contribution in [3.8, 4) is 0 Å². The molecule has 1 aliphatic rings. The van der Waals surface area contributed by atoms with Crippen LogP contribution in [0.15, 0.2) is 16.5 Å². The minimum Gasteiger partial charge on any atom is -0.465 e. The zero-order valence-electron chi connectivity index (χ0n) is 11.6. The van der Waals surface area contributed by atoms with Gasteiger partial charge in [0.15, 0.2) is 0 Å². The van der Waals surface area contributed by atoms with E-state index < -0.39 is 0 Å². The summed E-state index contributed by atoms with van der Waals surface area (Å²) in [4.78, 5) is 2.49. The third-order valence-corrected chi connectivity index (χ3v) is 4.94. The number of aryl methyl sites for hydroxylation is 1. The Bertz CT molecular complexity index is 378. The first-order valence-electron chi connectivity index (χ1n) is 6.79. The second kappa shape index (κ2) is 6.13. The van der Waals surface area contributed by atoms with E-state index in [-0.39, 0.29) is 12.1 Å². The molecule has 18 heavy (non-hydrogen) atoms. The van der Waals surface area contributed by atoms with Gasteiger partial charge in [-0.25, -0.2) is 0 Å². The molecule has 3 nitrogen and oxygen atoms in total. The maximum atomic E-state index is 6.19. The van der Waals surface area contributed by atoms with Gasteiger partial charge < -0.3 is 10.2 Å². The summed E-state index contributed by atoms with van der Waals surface area (Å²) in [6.07, 6.45) is 1.23. The summed E-state index contributed by atoms with van der Waals surface area (Å²) in [6, 6.07) is 4.41. The molecule has 0 radical (unpaired) electrons. The van der Waals surface area contributed by atoms with Gasteiger partial charge in [0.05, 0.1) is 6.04 Å². The molecule has 0 amide bonds. The standard InChI is InChI=1S/C14H24N2OS/c1-4-12-9-16(7-8-18-12)14(11(3)15)13-6-5-10(2)17-13/h5-6,11-12,14H,4,7-9,15H2,1-3H3. The predicted molar refractivity (Wildman–Crippen MR) is 77.9 cm³/mol. The van der Waals surface area contributed by atoms with Gasteiger partial charge in [-0.15, -0.1) is 0 Å². The van der Waals surface area contributed by atoms with Crippen LogP contribution in [0.25, 0.3) is 0 Å². The highest BCUT2D eigenvalue weighted by Gasteiger charge is 2.30. The first-order valence-corrected chi connectivity index (χ1v) is 7.84. The SMILES string of the molecule is CCC1CN(C(c2ccc(C)o2)C(C)N)CCS1. The van der Waals surface area contributed by atoms with Crippen molar-refractivity contribution in [3.63, 3.8) is 0 Å². The van der Waals surface area contributed by atoms with Crippen LogP contribution in [0, 0.1) is 6.92 Å². The van der Waals surface area contributed by atoms with E-state index in [4.69, 9.17) is 10.2 Å². The summed E-state index contributed by atoms with van der Waals surface area (Å²) in [7, 11) is 0. The third-order valence-electron chi connectivity index (χ3n) is 3.57. The minimum atomic E-state index is 0.0937. The van der Waals surface area contributed by atoms with Crippen molar-refractivity contribution in [1.29, 1.82) is 0 Å². The van der Waals surface area contributed by atoms with Gasteiger partial charge in [0.2, 0.25) is 0 Å². The highest BCUT2D eigenvalue weighted by molar-refractivity contribution is 8.00. The summed E-state index contributed by atoms with van der Waals surface area (Å²) in [5.74, 6) is 3.18. The first kappa shape index (κ1) is 14.0. The molecule has 1 fully saturated rings. The molecule has 0 spiro atoms. The molecule has 102 valence electrons. The number of furan rings is 1. The lowest BCUT2D eigenvalue weighted by atomic mass is 10.1. The number of hydrogen-bond donors (Lipinski definition) is 1. The quantitative estimate of drug-likeness (QED) is 0.912. The van der Waals surface area contributed by atoms with E-state index in [1.807, 2.05) is 13.0 Å². The van der Waals surface area contributed by atoms with Crippen molar-refractivity contribution in [1.82, 2.24) is 4.90 Å². The Hall–Kier alpha value is -0.450. The molecule has 0 bridgehead atoms. The number of rotatable bonds is 4. The topological polar surface area (TPSA) is 42.4 Å². The first-order chi connectivity index (χ1) is 8.61. The van der Waals surface area contributed by atoms with E-state index in [1.54, 1.807) is 0 Å². The average molecular weight is 268 g/mol. The van der Waals surface area contributed by atoms with Crippen LogP contribution >= 0.6 is 11.8 Å². The molecule has 0 aliphatic carbocycles. The second-order valence-corrected chi connectivity index (χ2v) is 6.56. The van der Waals surface area contributed by atoms with Gasteiger partial charge in [-0.3, -0.25) is 4.90 Å². The summed E-state index contributed by atoms with van der Waals surface area (Å²) in [5, 5.41) is 0.732. The highest BCUT2D eigenvalue weighted by Crippen LogP contribution is 2.31. The van der Waals surface area contributed by atoms with Crippen LogP contribution in [0.4, 0.5) is 0 Å². The maximum Gasteiger partial charge on any atom is 0.122 e. The Balaban J connectivity index is 2.14. The second-order valence-electron chi connectivity index (χ2n) is 5.15. The van der Waals surface area contributed by atoms with Crippen LogP contribution in [-0.2, 0) is 0 Å². The monoisotopic (exact) mass is 268 g/mol. The van der Waals surface area contributed by atoms with Gasteiger partial charge >= 0.3 is 0 Å². The van der Waals surface area contributed by atoms with Crippen LogP contribution in [0.1, 0.15) is 37.8 Å². The molecule has 4 heteroatoms. The Morgan fingerprint density at radius 2 is 2.33 bits per heavy atom. The van der Waals surface area contributed by atoms with Gasteiger partial charge in [-0.05, 0) is 32.4 Å². The minimum absolute atomic E-state index is 0.0937. The Morgan fingerprint density at radius 3 is 2.89 bits per heavy atom. The number of nitrogens with zero attached hydrogens (tertiary/aromatic N) is 1. The molecule has 1 aromatic rings. The third kappa shape index (κ3) is 3.11. The van der Waals surface area contributed by atoms with Gasteiger partial charge in [-0.2, -0.15) is 11.8 Å². The zero-order chi connectivity index (χ0) is 13.1. The number of thioether (sulfide) groups is 1. The molecule has 1 aliphatic heterocycles. The molecule has 1 aromatic heterocycles. The summed E-state index contributed by atoms with van der Waals surface area (Å²) >= 11 is 2.08. The predicted octanol–water partition coefficient (Wildman–Crippen LogP) is 2.80. The van der Waals surface area contributed by atoms with E-state index in [9.17, 15) is 0 Å². The van der Waals surface area contributed by atoms with E-state index in [1.165, 1.54) is 12.2 Å². The molecule has 2 N–H and O–H groups in total. The Labute approximate surface area is 114 Å². The lowest BCUT2D eigenvalue weighted by Crippen LogP contribution is -2.45. The van der Waals surface area contributed by atoms with E-state index in [0.29, 0.717) is 0 Å². The van der Waals surface area contributed by atoms with Gasteiger partial charge in [0.1, 0.15) is 11.5 Å². The van der Waals surface area contributed by atoms with Crippen molar-refractivity contribution in [2.75, 3.05) is 18.8 Å². The molecule has 1 saturated heterocycles. The van der Waals surface area contributed by atoms with Crippen molar-refractivity contribution >= 4 is 11.8 Å². The maximum absolute atomic E-state index is 6.19. The fourth-order valence-corrected chi connectivity index (χ4v) is 3.83. The van der Waals surface area contributed by atoms with E-state index >= 15 is 0 Å². The fraction of sp³-hybridized carbons (Fsp3) is 0.714. The van der Waals surface area contributed by atoms with Crippen LogP contribution in [0.2, 0.25) is 0 Å². The van der Waals surface area contributed by atoms with Crippen LogP contribution in [-0.4, -0.2) is 35.0 Å². The molecule has 0 aromatic carbocycles. The van der Waals surface area contributed by atoms with Crippen LogP contribution < -0.4 is 5.73 Å². The molecular weight excluding hydrogens is 244 g/mol. The highest BCUT2D eigenvalue weighted by atomic mass is 32.2. The smallest absolute Gasteiger partial charge is 0.122 e. The van der Waals surface area contributed by atoms with Crippen molar-refractivity contribution in [2.45, 2.75) is 44.5 Å². The largest absolute Gasteiger partial charge is 0.465 e. The van der Waals surface area contributed by atoms with Crippen LogP contribution in [0.5, 0.6) is 0 Å². The molecule has 0 saturated carbocycles. The zero-order valence-corrected chi connectivity index (χ0v) is 12.4. The fourth-order valence-electron chi connectivity index (χ4n) is 2.63. The van der Waals surface area contributed by atoms with Gasteiger partial charge in [0, 0.05) is 30.1 Å². The molecule has 3 atom stereocenters. The number of hydrogen-bond acceptors (Lipinski definition) is 4. The summed E-state index contributed by atoms with van der Waals surface area (Å²) in [6.45, 7) is 8.55. The van der Waals surface area contributed by atoms with Crippen molar-refractivity contribution < 1.29 is 4.42 Å². The van der Waals surface area contributed by atoms with Gasteiger partial charge in [-0.1, -0.05) is 6.92 Å². The Morgan fingerprint density at radius 1 is 1.56 bits per heavy atom. The molecule has 2 rings (SSSR count). The van der Waals surface area contributed by atoms with Crippen molar-refractivity contribution in [3.05, 3.63) is 23.7 Å². The normalized spacial score (nSPS) is 25.0. The lowest BCUT2D eigenvalue weighted by Gasteiger charge is -2.38. The van der Waals surface area contributed by atoms with E-state index in [0.717, 1.165) is 29.9 Å². The average Bonchev–Trinajstić information content (AvgIpc) is 2.75.